The SMILES string of the molecule is C=[C-]c1ccccc1.N#Cc1ccncc1.[Cl][Pt][Cl]. The van der Waals surface area contributed by atoms with Crippen molar-refractivity contribution in [2.24, 2.45) is 0 Å². The van der Waals surface area contributed by atoms with Crippen LogP contribution in [0.1, 0.15) is 11.1 Å². The van der Waals surface area contributed by atoms with E-state index in [4.69, 9.17) is 24.1 Å². The third-order valence-electron chi connectivity index (χ3n) is 1.79. The molecule has 0 spiro atoms. The Morgan fingerprint density at radius 3 is 1.95 bits per heavy atom. The number of rotatable bonds is 1. The van der Waals surface area contributed by atoms with Gasteiger partial charge in [0.1, 0.15) is 0 Å². The van der Waals surface area contributed by atoms with Crippen molar-refractivity contribution < 1.29 is 16.5 Å². The summed E-state index contributed by atoms with van der Waals surface area (Å²) in [6.07, 6.45) is 5.97. The van der Waals surface area contributed by atoms with E-state index >= 15 is 0 Å². The van der Waals surface area contributed by atoms with Crippen LogP contribution in [0.25, 0.3) is 0 Å². The van der Waals surface area contributed by atoms with Gasteiger partial charge in [0.2, 0.25) is 0 Å². The minimum absolute atomic E-state index is 0.472. The Kier molecular flexibility index (Phi) is 12.5. The van der Waals surface area contributed by atoms with Crippen molar-refractivity contribution in [3.05, 3.63) is 78.6 Å². The van der Waals surface area contributed by atoms with Crippen LogP contribution in [0.4, 0.5) is 0 Å². The predicted molar refractivity (Wildman–Crippen MR) is 75.1 cm³/mol. The zero-order valence-corrected chi connectivity index (χ0v) is 13.7. The Morgan fingerprint density at radius 2 is 1.63 bits per heavy atom. The predicted octanol–water partition coefficient (Wildman–Crippen LogP) is 4.35. The first kappa shape index (κ1) is 17.9. The first-order valence-electron chi connectivity index (χ1n) is 4.99. The average molecular weight is 473 g/mol. The molecule has 0 radical (unpaired) electrons. The summed E-state index contributed by atoms with van der Waals surface area (Å²) in [4.78, 5) is 3.74. The molecule has 0 N–H and O–H groups in total. The van der Waals surface area contributed by atoms with E-state index in [-0.39, 0.29) is 0 Å². The zero-order valence-electron chi connectivity index (χ0n) is 9.87. The molecule has 1 aromatic carbocycles. The van der Waals surface area contributed by atoms with E-state index in [2.05, 4.69) is 17.6 Å². The molecule has 19 heavy (non-hydrogen) atoms. The normalized spacial score (nSPS) is 8.05. The van der Waals surface area contributed by atoms with Crippen LogP contribution in [0.5, 0.6) is 0 Å². The summed E-state index contributed by atoms with van der Waals surface area (Å²) in [5.74, 6) is 0. The van der Waals surface area contributed by atoms with Gasteiger partial charge in [0, 0.05) is 12.4 Å². The first-order chi connectivity index (χ1) is 9.28. The standard InChI is InChI=1S/C8H7.C6H4N2.2ClH.Pt/c1-2-8-6-4-3-5-7-8;7-5-6-1-3-8-4-2-6;;;/h3-7H,1H2;1-4H;2*1H;/q-1;;;;+2/p-2. The Morgan fingerprint density at radius 1 is 1.11 bits per heavy atom. The summed E-state index contributed by atoms with van der Waals surface area (Å²) in [7, 11) is 9.75. The number of nitrogens with zero attached hydrogens (tertiary/aromatic N) is 2. The third kappa shape index (κ3) is 10.5. The summed E-state index contributed by atoms with van der Waals surface area (Å²) in [5.41, 5.74) is 1.70. The molecular weight excluding hydrogens is 462 g/mol. The molecule has 102 valence electrons. The number of hydrogen-bond donors (Lipinski definition) is 0. The molecule has 0 amide bonds. The number of hydrogen-bond acceptors (Lipinski definition) is 2. The van der Waals surface area contributed by atoms with Gasteiger partial charge in [0.25, 0.3) is 0 Å². The summed E-state index contributed by atoms with van der Waals surface area (Å²) in [6, 6.07) is 15.2. The van der Waals surface area contributed by atoms with Gasteiger partial charge in [-0.25, -0.2) is 0 Å². The van der Waals surface area contributed by atoms with Crippen LogP contribution < -0.4 is 0 Å². The molecule has 0 saturated carbocycles. The van der Waals surface area contributed by atoms with Crippen molar-refractivity contribution in [3.8, 4) is 6.07 Å². The Hall–Kier alpha value is -1.13. The van der Waals surface area contributed by atoms with Crippen LogP contribution >= 0.6 is 18.8 Å². The second-order valence-corrected chi connectivity index (χ2v) is 6.22. The van der Waals surface area contributed by atoms with Crippen molar-refractivity contribution in [1.29, 1.82) is 5.26 Å². The van der Waals surface area contributed by atoms with Crippen LogP contribution in [0.15, 0.2) is 61.4 Å². The molecule has 0 saturated heterocycles. The third-order valence-corrected chi connectivity index (χ3v) is 1.79. The van der Waals surface area contributed by atoms with E-state index in [1.54, 1.807) is 24.5 Å². The number of pyridine rings is 1. The maximum atomic E-state index is 8.26. The fourth-order valence-corrected chi connectivity index (χ4v) is 0.982. The number of benzene rings is 1. The van der Waals surface area contributed by atoms with Crippen molar-refractivity contribution in [1.82, 2.24) is 4.98 Å². The Balaban J connectivity index is 0.000000284. The fourth-order valence-electron chi connectivity index (χ4n) is 0.982. The number of halogens is 2. The van der Waals surface area contributed by atoms with Gasteiger partial charge in [0.05, 0.1) is 11.6 Å². The van der Waals surface area contributed by atoms with E-state index < -0.39 is 16.5 Å². The van der Waals surface area contributed by atoms with Gasteiger partial charge < -0.3 is 0 Å². The van der Waals surface area contributed by atoms with Crippen LogP contribution in [-0.4, -0.2) is 4.98 Å². The Bertz CT molecular complexity index is 484. The van der Waals surface area contributed by atoms with Crippen molar-refractivity contribution in [2.45, 2.75) is 0 Å². The van der Waals surface area contributed by atoms with E-state index in [9.17, 15) is 0 Å². The molecule has 2 nitrogen and oxygen atoms in total. The van der Waals surface area contributed by atoms with Gasteiger partial charge in [-0.05, 0) is 12.1 Å². The summed E-state index contributed by atoms with van der Waals surface area (Å²) in [5, 5.41) is 8.26. The van der Waals surface area contributed by atoms with Gasteiger partial charge in [-0.15, -0.1) is 12.1 Å². The molecule has 5 heteroatoms. The Labute approximate surface area is 130 Å². The quantitative estimate of drug-likeness (QED) is 0.578. The van der Waals surface area contributed by atoms with Gasteiger partial charge in [0.15, 0.2) is 0 Å². The van der Waals surface area contributed by atoms with Crippen LogP contribution in [0.3, 0.4) is 0 Å². The average Bonchev–Trinajstić information content (AvgIpc) is 2.50. The summed E-state index contributed by atoms with van der Waals surface area (Å²) < 4.78 is 0. The van der Waals surface area contributed by atoms with Gasteiger partial charge in [-0.3, -0.25) is 4.98 Å². The van der Waals surface area contributed by atoms with Crippen LogP contribution in [0, 0.1) is 17.4 Å². The fraction of sp³-hybridized carbons (Fsp3) is 0. The summed E-state index contributed by atoms with van der Waals surface area (Å²) in [6.45, 7) is 3.51. The van der Waals surface area contributed by atoms with Gasteiger partial charge in [-0.2, -0.15) is 35.6 Å². The monoisotopic (exact) mass is 472 g/mol. The van der Waals surface area contributed by atoms with Crippen LogP contribution in [-0.2, 0) is 16.5 Å². The molecule has 2 rings (SSSR count). The van der Waals surface area contributed by atoms with E-state index in [0.29, 0.717) is 5.56 Å². The minimum atomic E-state index is -0.472. The molecule has 0 fully saturated rings. The number of aromatic nitrogens is 1. The molecule has 0 aliphatic carbocycles. The van der Waals surface area contributed by atoms with E-state index in [1.165, 1.54) is 0 Å². The van der Waals surface area contributed by atoms with Gasteiger partial charge in [-0.1, -0.05) is 6.07 Å². The molecule has 0 atom stereocenters. The van der Waals surface area contributed by atoms with Crippen molar-refractivity contribution in [3.63, 3.8) is 0 Å². The molecule has 1 heterocycles. The second-order valence-electron chi connectivity index (χ2n) is 2.94. The molecule has 0 unspecified atom stereocenters. The maximum absolute atomic E-state index is 8.26. The molecule has 2 aromatic rings. The van der Waals surface area contributed by atoms with Gasteiger partial charge >= 0.3 is 35.3 Å². The molecule has 0 aliphatic heterocycles. The first-order valence-corrected chi connectivity index (χ1v) is 10.6. The molecule has 0 bridgehead atoms. The van der Waals surface area contributed by atoms with E-state index in [1.807, 2.05) is 36.4 Å². The van der Waals surface area contributed by atoms with Crippen molar-refractivity contribution >= 4 is 18.8 Å². The van der Waals surface area contributed by atoms with Crippen molar-refractivity contribution in [2.75, 3.05) is 0 Å². The topological polar surface area (TPSA) is 36.7 Å². The molecule has 0 aliphatic rings. The second kappa shape index (κ2) is 13.3. The zero-order chi connectivity index (χ0) is 14.3. The number of nitriles is 1. The molecular formula is C14H11Cl2N2Pt-. The molecule has 1 aromatic heterocycles. The van der Waals surface area contributed by atoms with E-state index in [0.717, 1.165) is 5.56 Å². The van der Waals surface area contributed by atoms with Crippen LogP contribution in [0.2, 0.25) is 0 Å². The summed E-state index contributed by atoms with van der Waals surface area (Å²) >= 11 is -0.472.